The van der Waals surface area contributed by atoms with E-state index in [1.165, 1.54) is 5.56 Å². The normalized spacial score (nSPS) is 11.2. The summed E-state index contributed by atoms with van der Waals surface area (Å²) in [6, 6.07) is 20.0. The van der Waals surface area contributed by atoms with E-state index in [9.17, 15) is 4.79 Å². The predicted octanol–water partition coefficient (Wildman–Crippen LogP) is 4.16. The van der Waals surface area contributed by atoms with E-state index in [2.05, 4.69) is 23.6 Å². The fraction of sp³-hybridized carbons (Fsp3) is 0.182. The minimum absolute atomic E-state index is 0.00823. The first kappa shape index (κ1) is 16.3. The van der Waals surface area contributed by atoms with Crippen molar-refractivity contribution in [3.05, 3.63) is 93.7 Å². The van der Waals surface area contributed by atoms with Crippen LogP contribution in [0.4, 0.5) is 0 Å². The molecule has 2 aromatic heterocycles. The van der Waals surface area contributed by atoms with Crippen molar-refractivity contribution in [1.82, 2.24) is 14.1 Å². The molecular weight excluding hydrogens is 322 g/mol. The van der Waals surface area contributed by atoms with Crippen LogP contribution in [-0.4, -0.2) is 14.1 Å². The van der Waals surface area contributed by atoms with Crippen molar-refractivity contribution in [1.29, 1.82) is 0 Å². The van der Waals surface area contributed by atoms with Gasteiger partial charge in [-0.2, -0.15) is 0 Å². The van der Waals surface area contributed by atoms with E-state index in [0.29, 0.717) is 17.8 Å². The minimum Gasteiger partial charge on any atom is -0.325 e. The number of hydrogen-bond donors (Lipinski definition) is 0. The van der Waals surface area contributed by atoms with Crippen molar-refractivity contribution >= 4 is 11.0 Å². The molecule has 0 unspecified atom stereocenters. The molecule has 0 saturated heterocycles. The number of nitrogens with zero attached hydrogens (tertiary/aromatic N) is 3. The lowest BCUT2D eigenvalue weighted by molar-refractivity contribution is 0.781. The van der Waals surface area contributed by atoms with Crippen LogP contribution in [0.1, 0.15) is 22.6 Å². The molecule has 0 atom stereocenters. The summed E-state index contributed by atoms with van der Waals surface area (Å²) in [7, 11) is 0. The van der Waals surface area contributed by atoms with Crippen molar-refractivity contribution in [2.75, 3.05) is 0 Å². The first-order valence-electron chi connectivity index (χ1n) is 8.76. The maximum Gasteiger partial charge on any atom is 0.267 e. The molecule has 0 bridgehead atoms. The summed E-state index contributed by atoms with van der Waals surface area (Å²) in [6.45, 7) is 6.66. The summed E-state index contributed by atoms with van der Waals surface area (Å²) in [5.41, 5.74) is 4.87. The molecule has 130 valence electrons. The van der Waals surface area contributed by atoms with E-state index < -0.39 is 0 Å². The summed E-state index contributed by atoms with van der Waals surface area (Å²) in [5.74, 6) is 0.695. The van der Waals surface area contributed by atoms with Crippen molar-refractivity contribution < 1.29 is 0 Å². The van der Waals surface area contributed by atoms with Crippen LogP contribution in [0.15, 0.2) is 65.5 Å². The van der Waals surface area contributed by atoms with Crippen LogP contribution in [0.2, 0.25) is 0 Å². The molecule has 4 rings (SSSR count). The first-order valence-corrected chi connectivity index (χ1v) is 8.76. The molecular formula is C22H21N3O. The van der Waals surface area contributed by atoms with Gasteiger partial charge in [0.05, 0.1) is 11.1 Å². The molecule has 0 saturated carbocycles. The van der Waals surface area contributed by atoms with Crippen LogP contribution >= 0.6 is 0 Å². The molecule has 0 fully saturated rings. The van der Waals surface area contributed by atoms with Crippen molar-refractivity contribution in [2.45, 2.75) is 27.3 Å². The highest BCUT2D eigenvalue weighted by atomic mass is 16.1. The number of aromatic nitrogens is 3. The van der Waals surface area contributed by atoms with Gasteiger partial charge in [0.15, 0.2) is 0 Å². The van der Waals surface area contributed by atoms with E-state index in [-0.39, 0.29) is 5.56 Å². The SMILES string of the molecule is Cc1c(C)n(Cc2ccccc2)c2nc(C)n(-c3ccccc3)c(=O)c12. The lowest BCUT2D eigenvalue weighted by Crippen LogP contribution is -2.22. The lowest BCUT2D eigenvalue weighted by Gasteiger charge is -2.11. The highest BCUT2D eigenvalue weighted by molar-refractivity contribution is 5.81. The van der Waals surface area contributed by atoms with E-state index in [1.54, 1.807) is 4.57 Å². The molecule has 4 aromatic rings. The third-order valence-corrected chi connectivity index (χ3v) is 5.01. The second-order valence-electron chi connectivity index (χ2n) is 6.62. The average Bonchev–Trinajstić information content (AvgIpc) is 2.88. The second kappa shape index (κ2) is 6.30. The topological polar surface area (TPSA) is 39.8 Å². The van der Waals surface area contributed by atoms with Gasteiger partial charge in [0.2, 0.25) is 0 Å². The molecule has 0 radical (unpaired) electrons. The fourth-order valence-electron chi connectivity index (χ4n) is 3.52. The van der Waals surface area contributed by atoms with Gasteiger partial charge in [0, 0.05) is 12.2 Å². The first-order chi connectivity index (χ1) is 12.6. The molecule has 4 heteroatoms. The Balaban J connectivity index is 1.98. The van der Waals surface area contributed by atoms with Crippen molar-refractivity contribution in [3.8, 4) is 5.69 Å². The number of fused-ring (bicyclic) bond motifs is 1. The summed E-state index contributed by atoms with van der Waals surface area (Å²) in [5, 5.41) is 0.702. The molecule has 0 spiro atoms. The maximum atomic E-state index is 13.3. The molecule has 0 aliphatic carbocycles. The van der Waals surface area contributed by atoms with Crippen LogP contribution in [0, 0.1) is 20.8 Å². The van der Waals surface area contributed by atoms with Gasteiger partial charge < -0.3 is 4.57 Å². The maximum absolute atomic E-state index is 13.3. The van der Waals surface area contributed by atoms with Gasteiger partial charge in [-0.3, -0.25) is 9.36 Å². The number of rotatable bonds is 3. The Labute approximate surface area is 152 Å². The number of para-hydroxylation sites is 1. The van der Waals surface area contributed by atoms with Crippen LogP contribution in [-0.2, 0) is 6.54 Å². The summed E-state index contributed by atoms with van der Waals surface area (Å²) in [6.07, 6.45) is 0. The van der Waals surface area contributed by atoms with Crippen molar-refractivity contribution in [3.63, 3.8) is 0 Å². The number of aryl methyl sites for hydroxylation is 2. The monoisotopic (exact) mass is 343 g/mol. The van der Waals surface area contributed by atoms with Gasteiger partial charge in [-0.1, -0.05) is 48.5 Å². The standard InChI is InChI=1S/C22H21N3O/c1-15-16(2)24(14-18-10-6-4-7-11-18)21-20(15)22(26)25(17(3)23-21)19-12-8-5-9-13-19/h4-13H,14H2,1-3H3. The number of hydrogen-bond acceptors (Lipinski definition) is 2. The van der Waals surface area contributed by atoms with Crippen LogP contribution in [0.5, 0.6) is 0 Å². The Morgan fingerprint density at radius 1 is 0.885 bits per heavy atom. The molecule has 0 amide bonds. The van der Waals surface area contributed by atoms with Gasteiger partial charge in [-0.05, 0) is 44.0 Å². The zero-order valence-electron chi connectivity index (χ0n) is 15.2. The summed E-state index contributed by atoms with van der Waals surface area (Å²) in [4.78, 5) is 18.1. The molecule has 26 heavy (non-hydrogen) atoms. The van der Waals surface area contributed by atoms with Crippen LogP contribution in [0.3, 0.4) is 0 Å². The van der Waals surface area contributed by atoms with Crippen LogP contribution < -0.4 is 5.56 Å². The zero-order valence-corrected chi connectivity index (χ0v) is 15.2. The molecule has 0 N–H and O–H groups in total. The van der Waals surface area contributed by atoms with Gasteiger partial charge in [-0.25, -0.2) is 4.98 Å². The van der Waals surface area contributed by atoms with Gasteiger partial charge in [0.1, 0.15) is 11.5 Å². The molecule has 4 nitrogen and oxygen atoms in total. The van der Waals surface area contributed by atoms with Gasteiger partial charge in [0.25, 0.3) is 5.56 Å². The fourth-order valence-corrected chi connectivity index (χ4v) is 3.52. The van der Waals surface area contributed by atoms with Gasteiger partial charge in [-0.15, -0.1) is 0 Å². The largest absolute Gasteiger partial charge is 0.325 e. The smallest absolute Gasteiger partial charge is 0.267 e. The highest BCUT2D eigenvalue weighted by Gasteiger charge is 2.19. The third-order valence-electron chi connectivity index (χ3n) is 5.01. The molecule has 2 heterocycles. The van der Waals surface area contributed by atoms with E-state index in [4.69, 9.17) is 4.98 Å². The Bertz CT molecular complexity index is 1140. The summed E-state index contributed by atoms with van der Waals surface area (Å²) < 4.78 is 3.84. The van der Waals surface area contributed by atoms with Crippen molar-refractivity contribution in [2.24, 2.45) is 0 Å². The average molecular weight is 343 g/mol. The number of benzene rings is 2. The summed E-state index contributed by atoms with van der Waals surface area (Å²) >= 11 is 0. The Morgan fingerprint density at radius 3 is 2.15 bits per heavy atom. The molecule has 0 aliphatic heterocycles. The molecule has 0 aliphatic rings. The quantitative estimate of drug-likeness (QED) is 0.560. The molecule has 2 aromatic carbocycles. The highest BCUT2D eigenvalue weighted by Crippen LogP contribution is 2.23. The lowest BCUT2D eigenvalue weighted by atomic mass is 10.2. The van der Waals surface area contributed by atoms with E-state index >= 15 is 0 Å². The Morgan fingerprint density at radius 2 is 1.50 bits per heavy atom. The predicted molar refractivity (Wildman–Crippen MR) is 105 cm³/mol. The Hall–Kier alpha value is -3.14. The zero-order chi connectivity index (χ0) is 18.3. The van der Waals surface area contributed by atoms with E-state index in [0.717, 1.165) is 22.6 Å². The minimum atomic E-state index is -0.00823. The van der Waals surface area contributed by atoms with E-state index in [1.807, 2.05) is 62.4 Å². The second-order valence-corrected chi connectivity index (χ2v) is 6.62. The van der Waals surface area contributed by atoms with Gasteiger partial charge >= 0.3 is 0 Å². The van der Waals surface area contributed by atoms with Crippen LogP contribution in [0.25, 0.3) is 16.7 Å². The third kappa shape index (κ3) is 2.54. The Kier molecular flexibility index (Phi) is 3.96.